The fraction of sp³-hybridized carbons (Fsp3) is 1.00. The van der Waals surface area contributed by atoms with Gasteiger partial charge in [-0.25, -0.2) is 0 Å². The molecular formula is C6H13NO. The third-order valence-electron chi connectivity index (χ3n) is 1.72. The summed E-state index contributed by atoms with van der Waals surface area (Å²) in [5.41, 5.74) is -0.319. The van der Waals surface area contributed by atoms with Crippen LogP contribution < -0.4 is 5.90 Å². The molecular weight excluding hydrogens is 102 g/mol. The van der Waals surface area contributed by atoms with Gasteiger partial charge in [0.2, 0.25) is 0 Å². The van der Waals surface area contributed by atoms with E-state index < -0.39 is 0 Å². The maximum Gasteiger partial charge on any atom is 0.0901 e. The van der Waals surface area contributed by atoms with E-state index in [0.29, 0.717) is 0 Å². The van der Waals surface area contributed by atoms with E-state index in [1.807, 2.05) is 20.8 Å². The summed E-state index contributed by atoms with van der Waals surface area (Å²) < 4.78 is 0. The van der Waals surface area contributed by atoms with Gasteiger partial charge in [-0.1, -0.05) is 13.8 Å². The van der Waals surface area contributed by atoms with Crippen LogP contribution in [0.4, 0.5) is 0 Å². The first-order valence-corrected chi connectivity index (χ1v) is 3.01. The zero-order valence-corrected chi connectivity index (χ0v) is 5.77. The van der Waals surface area contributed by atoms with Crippen LogP contribution in [0, 0.1) is 0 Å². The second kappa shape index (κ2) is 3.05. The summed E-state index contributed by atoms with van der Waals surface area (Å²) in [6.45, 7) is 5.85. The summed E-state index contributed by atoms with van der Waals surface area (Å²) in [5.74, 6) is 8.29. The van der Waals surface area contributed by atoms with Crippen LogP contribution in [0.2, 0.25) is 0 Å². The normalized spacial score (nSPS) is 12.0. The molecule has 0 N–H and O–H groups in total. The maximum atomic E-state index is 8.29. The van der Waals surface area contributed by atoms with E-state index in [1.165, 1.54) is 0 Å². The molecule has 0 aromatic carbocycles. The maximum absolute atomic E-state index is 8.29. The first-order valence-electron chi connectivity index (χ1n) is 3.01. The molecule has 0 fully saturated rings. The molecule has 0 atom stereocenters. The van der Waals surface area contributed by atoms with Crippen molar-refractivity contribution in [2.75, 3.05) is 0 Å². The van der Waals surface area contributed by atoms with Crippen molar-refractivity contribution in [2.24, 2.45) is 0 Å². The summed E-state index contributed by atoms with van der Waals surface area (Å²) in [5, 5.41) is 0. The highest BCUT2D eigenvalue weighted by Crippen LogP contribution is 2.16. The third kappa shape index (κ3) is 1.80. The molecule has 2 radical (unpaired) electrons. The minimum Gasteiger partial charge on any atom is -0.257 e. The molecule has 0 heterocycles. The van der Waals surface area contributed by atoms with Crippen molar-refractivity contribution in [3.05, 3.63) is 0 Å². The van der Waals surface area contributed by atoms with Gasteiger partial charge in [-0.15, -0.1) is 0 Å². The SMILES string of the molecule is CCC(C)(CC)O[N]. The molecule has 0 spiro atoms. The summed E-state index contributed by atoms with van der Waals surface area (Å²) in [4.78, 5) is 4.24. The monoisotopic (exact) mass is 115 g/mol. The lowest BCUT2D eigenvalue weighted by Crippen LogP contribution is -2.25. The Balaban J connectivity index is 3.58. The van der Waals surface area contributed by atoms with Crippen LogP contribution in [0.25, 0.3) is 0 Å². The van der Waals surface area contributed by atoms with Crippen LogP contribution in [0.5, 0.6) is 0 Å². The molecule has 0 saturated heterocycles. The Kier molecular flexibility index (Phi) is 3.02. The van der Waals surface area contributed by atoms with Gasteiger partial charge in [0.05, 0.1) is 5.60 Å². The summed E-state index contributed by atoms with van der Waals surface area (Å²) in [6, 6.07) is 0. The van der Waals surface area contributed by atoms with Crippen LogP contribution in [0.3, 0.4) is 0 Å². The lowest BCUT2D eigenvalue weighted by Gasteiger charge is -2.20. The first kappa shape index (κ1) is 7.92. The van der Waals surface area contributed by atoms with Gasteiger partial charge < -0.3 is 0 Å². The standard InChI is InChI=1S/C6H13NO/c1-4-6(3,5-2)8-7/h4-5H2,1-3H3. The van der Waals surface area contributed by atoms with Crippen molar-refractivity contribution in [3.63, 3.8) is 0 Å². The van der Waals surface area contributed by atoms with Crippen molar-refractivity contribution in [1.29, 1.82) is 0 Å². The quantitative estimate of drug-likeness (QED) is 0.513. The highest BCUT2D eigenvalue weighted by molar-refractivity contribution is 4.68. The van der Waals surface area contributed by atoms with Crippen molar-refractivity contribution < 1.29 is 4.84 Å². The molecule has 0 bridgehead atoms. The lowest BCUT2D eigenvalue weighted by atomic mass is 10.0. The van der Waals surface area contributed by atoms with E-state index in [4.69, 9.17) is 5.90 Å². The van der Waals surface area contributed by atoms with E-state index in [-0.39, 0.29) is 5.60 Å². The number of nitrogens with zero attached hydrogens (tertiary/aromatic N) is 1. The molecule has 48 valence electrons. The number of hydrogen-bond donors (Lipinski definition) is 0. The minimum absolute atomic E-state index is 0.319. The molecule has 0 amide bonds. The molecule has 0 aliphatic heterocycles. The molecule has 2 nitrogen and oxygen atoms in total. The van der Waals surface area contributed by atoms with Crippen molar-refractivity contribution in [1.82, 2.24) is 5.90 Å². The zero-order chi connectivity index (χ0) is 6.62. The molecule has 0 aliphatic carbocycles. The molecule has 0 aromatic rings. The van der Waals surface area contributed by atoms with Crippen molar-refractivity contribution in [3.8, 4) is 0 Å². The Labute approximate surface area is 51.0 Å². The lowest BCUT2D eigenvalue weighted by molar-refractivity contribution is -0.0520. The predicted octanol–water partition coefficient (Wildman–Crippen LogP) is 1.57. The predicted molar refractivity (Wildman–Crippen MR) is 32.2 cm³/mol. The van der Waals surface area contributed by atoms with Crippen LogP contribution in [-0.4, -0.2) is 5.60 Å². The van der Waals surface area contributed by atoms with Crippen LogP contribution in [0.15, 0.2) is 0 Å². The first-order chi connectivity index (χ1) is 3.68. The third-order valence-corrected chi connectivity index (χ3v) is 1.72. The van der Waals surface area contributed by atoms with Gasteiger partial charge in [0.25, 0.3) is 0 Å². The van der Waals surface area contributed by atoms with Gasteiger partial charge >= 0.3 is 0 Å². The number of hydrogen-bond acceptors (Lipinski definition) is 1. The van der Waals surface area contributed by atoms with E-state index in [9.17, 15) is 0 Å². The van der Waals surface area contributed by atoms with Crippen LogP contribution >= 0.6 is 0 Å². The average molecular weight is 115 g/mol. The largest absolute Gasteiger partial charge is 0.257 e. The van der Waals surface area contributed by atoms with Gasteiger partial charge in [0, 0.05) is 5.90 Å². The van der Waals surface area contributed by atoms with E-state index in [0.717, 1.165) is 12.8 Å². The Morgan fingerprint density at radius 2 is 1.75 bits per heavy atom. The van der Waals surface area contributed by atoms with Crippen molar-refractivity contribution >= 4 is 0 Å². The molecule has 0 rings (SSSR count). The molecule has 0 saturated carbocycles. The summed E-state index contributed by atoms with van der Waals surface area (Å²) >= 11 is 0. The van der Waals surface area contributed by atoms with Crippen molar-refractivity contribution in [2.45, 2.75) is 39.2 Å². The van der Waals surface area contributed by atoms with E-state index in [2.05, 4.69) is 4.84 Å². The molecule has 2 heteroatoms. The van der Waals surface area contributed by atoms with Gasteiger partial charge in [-0.3, -0.25) is 4.84 Å². The topological polar surface area (TPSA) is 31.5 Å². The minimum atomic E-state index is -0.319. The Morgan fingerprint density at radius 1 is 1.38 bits per heavy atom. The fourth-order valence-corrected chi connectivity index (χ4v) is 0.379. The van der Waals surface area contributed by atoms with Crippen LogP contribution in [-0.2, 0) is 4.84 Å². The molecule has 8 heavy (non-hydrogen) atoms. The smallest absolute Gasteiger partial charge is 0.0901 e. The number of rotatable bonds is 3. The summed E-state index contributed by atoms with van der Waals surface area (Å²) in [6.07, 6.45) is 1.69. The highest BCUT2D eigenvalue weighted by atomic mass is 16.6. The second-order valence-electron chi connectivity index (χ2n) is 2.25. The Morgan fingerprint density at radius 3 is 1.75 bits per heavy atom. The van der Waals surface area contributed by atoms with Gasteiger partial charge in [0.15, 0.2) is 0 Å². The average Bonchev–Trinajstić information content (AvgIpc) is 1.87. The summed E-state index contributed by atoms with van der Waals surface area (Å²) in [7, 11) is 0. The van der Waals surface area contributed by atoms with Gasteiger partial charge in [-0.05, 0) is 19.8 Å². The fourth-order valence-electron chi connectivity index (χ4n) is 0.379. The molecule has 0 aliphatic rings. The van der Waals surface area contributed by atoms with Crippen LogP contribution in [0.1, 0.15) is 33.6 Å². The highest BCUT2D eigenvalue weighted by Gasteiger charge is 2.19. The van der Waals surface area contributed by atoms with E-state index in [1.54, 1.807) is 0 Å². The second-order valence-corrected chi connectivity index (χ2v) is 2.25. The molecule has 0 aromatic heterocycles. The zero-order valence-electron chi connectivity index (χ0n) is 5.77. The van der Waals surface area contributed by atoms with Gasteiger partial charge in [0.1, 0.15) is 0 Å². The van der Waals surface area contributed by atoms with Gasteiger partial charge in [-0.2, -0.15) is 0 Å². The Bertz CT molecular complexity index is 51.3. The Hall–Kier alpha value is -0.0800. The van der Waals surface area contributed by atoms with E-state index >= 15 is 0 Å². The molecule has 0 unspecified atom stereocenters.